The third-order valence-electron chi connectivity index (χ3n) is 9.57. The van der Waals surface area contributed by atoms with Gasteiger partial charge < -0.3 is 25.6 Å². The van der Waals surface area contributed by atoms with Crippen molar-refractivity contribution >= 4 is 23.7 Å². The second-order valence-corrected chi connectivity index (χ2v) is 12.6. The molecular formula is C31H43F2N5O5. The quantitative estimate of drug-likeness (QED) is 0.389. The summed E-state index contributed by atoms with van der Waals surface area (Å²) in [6.45, 7) is 2.44. The number of alkyl halides is 2. The number of benzene rings is 1. The van der Waals surface area contributed by atoms with Crippen LogP contribution in [0.3, 0.4) is 0 Å². The summed E-state index contributed by atoms with van der Waals surface area (Å²) in [5.41, 5.74) is 1.75. The number of hydrogen-bond donors (Lipinski definition) is 3. The number of esters is 1. The minimum atomic E-state index is -2.92. The number of carbonyl (C=O) groups excluding carboxylic acids is 4. The van der Waals surface area contributed by atoms with Gasteiger partial charge in [0.2, 0.25) is 17.7 Å². The Morgan fingerprint density at radius 3 is 2.49 bits per heavy atom. The molecule has 2 aliphatic heterocycles. The van der Waals surface area contributed by atoms with E-state index in [1.807, 2.05) is 24.3 Å². The van der Waals surface area contributed by atoms with Crippen molar-refractivity contribution in [2.24, 2.45) is 5.92 Å². The number of amides is 3. The first-order chi connectivity index (χ1) is 20.5. The van der Waals surface area contributed by atoms with Crippen LogP contribution in [0.5, 0.6) is 0 Å². The lowest BCUT2D eigenvalue weighted by Crippen LogP contribution is -2.66. The lowest BCUT2D eigenvalue weighted by molar-refractivity contribution is -0.151. The van der Waals surface area contributed by atoms with Gasteiger partial charge in [0.05, 0.1) is 18.6 Å². The molecule has 1 saturated carbocycles. The van der Waals surface area contributed by atoms with Crippen LogP contribution >= 0.6 is 0 Å². The van der Waals surface area contributed by atoms with Crippen LogP contribution < -0.4 is 16.0 Å². The number of carbonyl (C=O) groups is 4. The largest absolute Gasteiger partial charge is 0.460 e. The first kappa shape index (κ1) is 31.3. The van der Waals surface area contributed by atoms with Crippen LogP contribution in [0.1, 0.15) is 69.5 Å². The first-order valence-corrected chi connectivity index (χ1v) is 15.4. The van der Waals surface area contributed by atoms with Gasteiger partial charge in [-0.3, -0.25) is 24.1 Å². The highest BCUT2D eigenvalue weighted by Gasteiger charge is 2.52. The predicted molar refractivity (Wildman–Crippen MR) is 154 cm³/mol. The first-order valence-electron chi connectivity index (χ1n) is 15.4. The molecule has 3 N–H and O–H groups in total. The zero-order valence-corrected chi connectivity index (χ0v) is 25.1. The number of hydrogen-bond acceptors (Lipinski definition) is 7. The molecule has 236 valence electrons. The van der Waals surface area contributed by atoms with Crippen molar-refractivity contribution in [2.45, 2.75) is 101 Å². The Labute approximate surface area is 251 Å². The topological polar surface area (TPSA) is 120 Å². The summed E-state index contributed by atoms with van der Waals surface area (Å²) >= 11 is 0. The molecule has 0 aromatic heterocycles. The Bertz CT molecular complexity index is 1220. The van der Waals surface area contributed by atoms with Gasteiger partial charge in [-0.1, -0.05) is 43.5 Å². The molecule has 4 aliphatic rings. The number of halogens is 2. The third kappa shape index (κ3) is 6.85. The highest BCUT2D eigenvalue weighted by Crippen LogP contribution is 2.38. The predicted octanol–water partition coefficient (Wildman–Crippen LogP) is 1.93. The molecule has 43 heavy (non-hydrogen) atoms. The number of ether oxygens (including phenoxy) is 1. The van der Waals surface area contributed by atoms with E-state index in [2.05, 4.69) is 16.0 Å². The molecule has 3 amide bonds. The Balaban J connectivity index is 1.44. The van der Waals surface area contributed by atoms with Crippen LogP contribution in [0.25, 0.3) is 0 Å². The number of fused-ring (bicyclic) bond motifs is 2. The second-order valence-electron chi connectivity index (χ2n) is 12.6. The molecule has 2 saturated heterocycles. The number of nitrogens with one attached hydrogen (secondary N) is 3. The molecular weight excluding hydrogens is 560 g/mol. The van der Waals surface area contributed by atoms with Crippen molar-refractivity contribution < 1.29 is 32.7 Å². The van der Waals surface area contributed by atoms with Gasteiger partial charge in [-0.15, -0.1) is 0 Å². The van der Waals surface area contributed by atoms with Gasteiger partial charge in [-0.05, 0) is 43.9 Å². The molecule has 5 rings (SSSR count). The maximum Gasteiger partial charge on any atom is 0.302 e. The minimum Gasteiger partial charge on any atom is -0.460 e. The highest BCUT2D eigenvalue weighted by atomic mass is 19.3. The Hall–Kier alpha value is -3.12. The monoisotopic (exact) mass is 603 g/mol. The maximum absolute atomic E-state index is 14.6. The van der Waals surface area contributed by atoms with Gasteiger partial charge in [0.15, 0.2) is 0 Å². The van der Waals surface area contributed by atoms with Crippen LogP contribution in [-0.2, 0) is 30.3 Å². The van der Waals surface area contributed by atoms with E-state index in [-0.39, 0.29) is 24.9 Å². The minimum absolute atomic E-state index is 0.0399. The van der Waals surface area contributed by atoms with Crippen molar-refractivity contribution in [3.8, 4) is 0 Å². The lowest BCUT2D eigenvalue weighted by Gasteiger charge is -2.45. The summed E-state index contributed by atoms with van der Waals surface area (Å²) in [6.07, 6.45) is 3.81. The number of nitrogens with zero attached hydrogens (tertiary/aromatic N) is 2. The van der Waals surface area contributed by atoms with E-state index >= 15 is 0 Å². The van der Waals surface area contributed by atoms with Crippen LogP contribution in [0.15, 0.2) is 24.3 Å². The van der Waals surface area contributed by atoms with Gasteiger partial charge in [0.1, 0.15) is 18.2 Å². The molecule has 2 heterocycles. The van der Waals surface area contributed by atoms with Crippen LogP contribution in [0.4, 0.5) is 8.78 Å². The van der Waals surface area contributed by atoms with Gasteiger partial charge in [0.25, 0.3) is 5.92 Å². The average Bonchev–Trinajstić information content (AvgIpc) is 3.48. The molecule has 0 bridgehead atoms. The van der Waals surface area contributed by atoms with Gasteiger partial charge >= 0.3 is 5.97 Å². The van der Waals surface area contributed by atoms with E-state index in [1.54, 1.807) is 18.9 Å². The lowest BCUT2D eigenvalue weighted by atomic mass is 9.82. The summed E-state index contributed by atoms with van der Waals surface area (Å²) in [7, 11) is 1.66. The van der Waals surface area contributed by atoms with E-state index < -0.39 is 73.0 Å². The van der Waals surface area contributed by atoms with E-state index in [0.717, 1.165) is 43.2 Å². The van der Waals surface area contributed by atoms with E-state index in [9.17, 15) is 28.0 Å². The molecule has 2 aliphatic carbocycles. The highest BCUT2D eigenvalue weighted by molar-refractivity contribution is 5.93. The molecule has 0 radical (unpaired) electrons. The van der Waals surface area contributed by atoms with E-state index in [0.29, 0.717) is 6.42 Å². The zero-order chi connectivity index (χ0) is 30.9. The van der Waals surface area contributed by atoms with E-state index in [1.165, 1.54) is 11.8 Å². The number of piperazine rings is 1. The van der Waals surface area contributed by atoms with Crippen molar-refractivity contribution in [3.05, 3.63) is 35.4 Å². The van der Waals surface area contributed by atoms with Gasteiger partial charge in [0, 0.05) is 38.9 Å². The average molecular weight is 604 g/mol. The summed E-state index contributed by atoms with van der Waals surface area (Å²) in [6, 6.07) is 3.78. The van der Waals surface area contributed by atoms with E-state index in [4.69, 9.17) is 4.74 Å². The fourth-order valence-corrected chi connectivity index (χ4v) is 7.24. The fourth-order valence-electron chi connectivity index (χ4n) is 7.24. The maximum atomic E-state index is 14.6. The molecule has 1 aromatic rings. The molecule has 1 aromatic carbocycles. The molecule has 0 spiro atoms. The van der Waals surface area contributed by atoms with Crippen LogP contribution in [0.2, 0.25) is 0 Å². The summed E-state index contributed by atoms with van der Waals surface area (Å²) < 4.78 is 34.7. The summed E-state index contributed by atoms with van der Waals surface area (Å²) in [4.78, 5) is 56.4. The second kappa shape index (κ2) is 12.9. The molecule has 0 unspecified atom stereocenters. The molecule has 12 heteroatoms. The number of rotatable bonds is 8. The van der Waals surface area contributed by atoms with Crippen molar-refractivity contribution in [1.82, 2.24) is 25.8 Å². The molecule has 6 atom stereocenters. The summed E-state index contributed by atoms with van der Waals surface area (Å²) in [5, 5.41) is 8.85. The smallest absolute Gasteiger partial charge is 0.302 e. The Morgan fingerprint density at radius 1 is 1.07 bits per heavy atom. The normalized spacial score (nSPS) is 28.3. The zero-order valence-electron chi connectivity index (χ0n) is 25.1. The number of likely N-dealkylation sites (N-methyl/N-ethyl adjacent to an activating group) is 1. The molecule has 3 fully saturated rings. The third-order valence-corrected chi connectivity index (χ3v) is 9.57. The molecule has 10 nitrogen and oxygen atoms in total. The Morgan fingerprint density at radius 2 is 1.79 bits per heavy atom. The van der Waals surface area contributed by atoms with Gasteiger partial charge in [-0.25, -0.2) is 8.78 Å². The van der Waals surface area contributed by atoms with Crippen molar-refractivity contribution in [1.29, 1.82) is 0 Å². The van der Waals surface area contributed by atoms with Crippen molar-refractivity contribution in [2.75, 3.05) is 26.7 Å². The standard InChI is InChI=1S/C31H43F2N5O5/c1-18(34-3)28(40)35-26(20-9-5-4-6-10-20)30(42)38-15-22-14-31(32,33)17-37(22)16-24(38)29(41)36-27-23-12-8-7-11-21(23)13-25(27)43-19(2)39/h7-8,11-12,18,20,22,24-27,34H,4-6,9-10,13-17H2,1-3H3,(H,35,40)(H,36,41)/t18-,22+,24-,25-,26-,27-/m0/s1. The fraction of sp³-hybridized carbons (Fsp3) is 0.677. The van der Waals surface area contributed by atoms with Crippen molar-refractivity contribution in [3.63, 3.8) is 0 Å². The van der Waals surface area contributed by atoms with Crippen LogP contribution in [-0.4, -0.2) is 96.4 Å². The van der Waals surface area contributed by atoms with Crippen LogP contribution in [0, 0.1) is 5.92 Å². The van der Waals surface area contributed by atoms with Gasteiger partial charge in [-0.2, -0.15) is 0 Å². The summed E-state index contributed by atoms with van der Waals surface area (Å²) in [5.74, 6) is -4.76. The Kier molecular flexibility index (Phi) is 9.36. The SMILES string of the molecule is CN[C@@H](C)C(=O)N[C@H](C(=O)N1C[C@H]2CC(F)(F)CN2C[C@H]1C(=O)N[C@H]1c2ccccc2C[C@@H]1OC(C)=O)C1CCCCC1.